The van der Waals surface area contributed by atoms with Gasteiger partial charge in [0.2, 0.25) is 10.0 Å². The lowest BCUT2D eigenvalue weighted by Crippen LogP contribution is -2.31. The molecule has 0 bridgehead atoms. The zero-order valence-corrected chi connectivity index (χ0v) is 10.6. The van der Waals surface area contributed by atoms with Gasteiger partial charge in [-0.05, 0) is 33.9 Å². The molecule has 15 heavy (non-hydrogen) atoms. The predicted molar refractivity (Wildman–Crippen MR) is 61.4 cm³/mol. The lowest BCUT2D eigenvalue weighted by Gasteiger charge is -2.09. The molecule has 0 fully saturated rings. The minimum absolute atomic E-state index is 0.138. The summed E-state index contributed by atoms with van der Waals surface area (Å²) < 4.78 is 30.4. The van der Waals surface area contributed by atoms with Crippen LogP contribution in [-0.4, -0.2) is 47.0 Å². The van der Waals surface area contributed by atoms with E-state index in [1.807, 2.05) is 13.8 Å². The Morgan fingerprint density at radius 3 is 2.47 bits per heavy atom. The van der Waals surface area contributed by atoms with Crippen molar-refractivity contribution in [1.82, 2.24) is 10.0 Å². The van der Waals surface area contributed by atoms with Crippen LogP contribution in [0, 0.1) is 0 Å². The van der Waals surface area contributed by atoms with Crippen LogP contribution >= 0.6 is 0 Å². The van der Waals surface area contributed by atoms with Gasteiger partial charge in [-0.25, -0.2) is 13.1 Å². The molecular weight excluding hydrogens is 216 g/mol. The number of nitrogens with one attached hydrogen (secondary N) is 2. The first-order valence-electron chi connectivity index (χ1n) is 5.21. The van der Waals surface area contributed by atoms with Gasteiger partial charge in [0, 0.05) is 6.54 Å². The fourth-order valence-corrected chi connectivity index (χ4v) is 2.07. The van der Waals surface area contributed by atoms with Crippen molar-refractivity contribution in [3.05, 3.63) is 0 Å². The normalized spacial score (nSPS) is 12.3. The van der Waals surface area contributed by atoms with Gasteiger partial charge in [0.25, 0.3) is 0 Å². The average Bonchev–Trinajstić information content (AvgIpc) is 2.13. The largest absolute Gasteiger partial charge is 0.377 e. The number of hydrogen-bond donors (Lipinski definition) is 2. The van der Waals surface area contributed by atoms with Gasteiger partial charge < -0.3 is 10.1 Å². The van der Waals surface area contributed by atoms with Crippen molar-refractivity contribution in [2.75, 3.05) is 32.5 Å². The van der Waals surface area contributed by atoms with Crippen LogP contribution in [0.15, 0.2) is 0 Å². The summed E-state index contributed by atoms with van der Waals surface area (Å²) in [5.74, 6) is 0.162. The molecule has 0 aliphatic carbocycles. The van der Waals surface area contributed by atoms with E-state index in [1.165, 1.54) is 0 Å². The molecule has 0 unspecified atom stereocenters. The van der Waals surface area contributed by atoms with Crippen LogP contribution in [0.3, 0.4) is 0 Å². The number of ether oxygens (including phenoxy) is 1. The van der Waals surface area contributed by atoms with E-state index < -0.39 is 10.0 Å². The van der Waals surface area contributed by atoms with Crippen molar-refractivity contribution in [2.45, 2.75) is 26.4 Å². The lowest BCUT2D eigenvalue weighted by atomic mass is 10.5. The first-order valence-corrected chi connectivity index (χ1v) is 6.86. The molecule has 0 spiro atoms. The zero-order chi connectivity index (χ0) is 11.7. The molecule has 0 saturated heterocycles. The van der Waals surface area contributed by atoms with E-state index in [4.69, 9.17) is 4.74 Å². The third-order valence-corrected chi connectivity index (χ3v) is 3.19. The van der Waals surface area contributed by atoms with Crippen molar-refractivity contribution >= 4 is 10.0 Å². The smallest absolute Gasteiger partial charge is 0.211 e. The number of sulfonamides is 1. The van der Waals surface area contributed by atoms with Crippen molar-refractivity contribution in [2.24, 2.45) is 0 Å². The predicted octanol–water partition coefficient (Wildman–Crippen LogP) is -0.0597. The van der Waals surface area contributed by atoms with Crippen LogP contribution in [-0.2, 0) is 14.8 Å². The quantitative estimate of drug-likeness (QED) is 0.552. The van der Waals surface area contributed by atoms with Crippen LogP contribution in [0.25, 0.3) is 0 Å². The Bertz CT molecular complexity index is 240. The van der Waals surface area contributed by atoms with Crippen LogP contribution in [0.1, 0.15) is 20.3 Å². The maximum absolute atomic E-state index is 11.4. The molecule has 0 aromatic carbocycles. The topological polar surface area (TPSA) is 67.4 Å². The molecule has 0 aliphatic heterocycles. The molecule has 6 heteroatoms. The van der Waals surface area contributed by atoms with Crippen molar-refractivity contribution in [3.8, 4) is 0 Å². The molecule has 0 rings (SSSR count). The summed E-state index contributed by atoms with van der Waals surface area (Å²) in [5.41, 5.74) is 0. The van der Waals surface area contributed by atoms with Gasteiger partial charge in [-0.15, -0.1) is 0 Å². The second kappa shape index (κ2) is 8.04. The van der Waals surface area contributed by atoms with E-state index in [-0.39, 0.29) is 11.9 Å². The summed E-state index contributed by atoms with van der Waals surface area (Å²) in [4.78, 5) is 0. The Hall–Kier alpha value is -0.170. The summed E-state index contributed by atoms with van der Waals surface area (Å²) in [6.45, 7) is 5.31. The third-order valence-electron chi connectivity index (χ3n) is 1.72. The number of hydrogen-bond acceptors (Lipinski definition) is 4. The second-order valence-electron chi connectivity index (χ2n) is 3.59. The van der Waals surface area contributed by atoms with E-state index in [9.17, 15) is 8.42 Å². The van der Waals surface area contributed by atoms with E-state index >= 15 is 0 Å². The standard InChI is InChI=1S/C9H22N2O3S/c1-9(2)14-7-6-11-15(12,13)8-4-5-10-3/h9-11H,4-8H2,1-3H3. The highest BCUT2D eigenvalue weighted by Gasteiger charge is 2.08. The summed E-state index contributed by atoms with van der Waals surface area (Å²) in [6.07, 6.45) is 0.760. The molecule has 2 N–H and O–H groups in total. The maximum atomic E-state index is 11.4. The fraction of sp³-hybridized carbons (Fsp3) is 1.00. The highest BCUT2D eigenvalue weighted by atomic mass is 32.2. The van der Waals surface area contributed by atoms with Crippen LogP contribution in [0.5, 0.6) is 0 Å². The van der Waals surface area contributed by atoms with Crippen molar-refractivity contribution in [3.63, 3.8) is 0 Å². The summed E-state index contributed by atoms with van der Waals surface area (Å²) >= 11 is 0. The summed E-state index contributed by atoms with van der Waals surface area (Å²) in [7, 11) is -1.32. The molecular formula is C9H22N2O3S. The Morgan fingerprint density at radius 2 is 1.93 bits per heavy atom. The first-order chi connectivity index (χ1) is 6.98. The molecule has 0 aromatic rings. The van der Waals surface area contributed by atoms with E-state index in [0.717, 1.165) is 0 Å². The molecule has 0 atom stereocenters. The molecule has 0 heterocycles. The lowest BCUT2D eigenvalue weighted by molar-refractivity contribution is 0.0834. The van der Waals surface area contributed by atoms with E-state index in [1.54, 1.807) is 7.05 Å². The van der Waals surface area contributed by atoms with Gasteiger partial charge in [0.05, 0.1) is 18.5 Å². The van der Waals surface area contributed by atoms with Crippen molar-refractivity contribution in [1.29, 1.82) is 0 Å². The molecule has 0 aliphatic rings. The maximum Gasteiger partial charge on any atom is 0.211 e. The summed E-state index contributed by atoms with van der Waals surface area (Å²) in [5, 5.41) is 2.91. The van der Waals surface area contributed by atoms with E-state index in [0.29, 0.717) is 26.1 Å². The fourth-order valence-electron chi connectivity index (χ4n) is 1.00. The van der Waals surface area contributed by atoms with Gasteiger partial charge >= 0.3 is 0 Å². The van der Waals surface area contributed by atoms with Gasteiger partial charge in [-0.1, -0.05) is 0 Å². The van der Waals surface area contributed by atoms with Gasteiger partial charge in [0.1, 0.15) is 0 Å². The van der Waals surface area contributed by atoms with Crippen LogP contribution in [0.4, 0.5) is 0 Å². The Labute approximate surface area is 92.6 Å². The summed E-state index contributed by atoms with van der Waals surface area (Å²) in [6, 6.07) is 0. The van der Waals surface area contributed by atoms with Gasteiger partial charge in [0.15, 0.2) is 0 Å². The Balaban J connectivity index is 3.56. The molecule has 0 aromatic heterocycles. The van der Waals surface area contributed by atoms with Gasteiger partial charge in [-0.3, -0.25) is 0 Å². The monoisotopic (exact) mass is 238 g/mol. The molecule has 5 nitrogen and oxygen atoms in total. The van der Waals surface area contributed by atoms with Crippen molar-refractivity contribution < 1.29 is 13.2 Å². The van der Waals surface area contributed by atoms with Gasteiger partial charge in [-0.2, -0.15) is 0 Å². The second-order valence-corrected chi connectivity index (χ2v) is 5.52. The molecule has 0 radical (unpaired) electrons. The number of rotatable bonds is 9. The third kappa shape index (κ3) is 10.1. The molecule has 0 amide bonds. The average molecular weight is 238 g/mol. The minimum atomic E-state index is -3.12. The molecule has 0 saturated carbocycles. The van der Waals surface area contributed by atoms with Crippen LogP contribution < -0.4 is 10.0 Å². The highest BCUT2D eigenvalue weighted by Crippen LogP contribution is 1.90. The minimum Gasteiger partial charge on any atom is -0.377 e. The SMILES string of the molecule is CNCCCS(=O)(=O)NCCOC(C)C. The Kier molecular flexibility index (Phi) is 7.95. The van der Waals surface area contributed by atoms with E-state index in [2.05, 4.69) is 10.0 Å². The first kappa shape index (κ1) is 14.8. The zero-order valence-electron chi connectivity index (χ0n) is 9.75. The Morgan fingerprint density at radius 1 is 1.27 bits per heavy atom. The molecule has 92 valence electrons. The highest BCUT2D eigenvalue weighted by molar-refractivity contribution is 7.89. The van der Waals surface area contributed by atoms with Crippen LogP contribution in [0.2, 0.25) is 0 Å².